The lowest BCUT2D eigenvalue weighted by molar-refractivity contribution is -0.384. The molecule has 1 heterocycles. The zero-order valence-corrected chi connectivity index (χ0v) is 23.2. The number of nitro groups is 1. The third-order valence-electron chi connectivity index (χ3n) is 6.23. The summed E-state index contributed by atoms with van der Waals surface area (Å²) in [5.41, 5.74) is 3.59. The van der Waals surface area contributed by atoms with Crippen molar-refractivity contribution in [2.45, 2.75) is 46.8 Å². The fourth-order valence-corrected chi connectivity index (χ4v) is 4.98. The Morgan fingerprint density at radius 3 is 2.38 bits per heavy atom. The van der Waals surface area contributed by atoms with E-state index in [9.17, 15) is 14.9 Å². The van der Waals surface area contributed by atoms with Gasteiger partial charge in [0.25, 0.3) is 11.6 Å². The van der Waals surface area contributed by atoms with Crippen LogP contribution in [-0.4, -0.2) is 33.5 Å². The maximum atomic E-state index is 13.4. The normalized spacial score (nSPS) is 16.1. The molecular weight excluding hydrogens is 514 g/mol. The molecule has 1 aliphatic rings. The van der Waals surface area contributed by atoms with Crippen LogP contribution in [0.3, 0.4) is 0 Å². The molecule has 0 N–H and O–H groups in total. The Labute approximate surface area is 232 Å². The van der Waals surface area contributed by atoms with Crippen molar-refractivity contribution in [1.82, 2.24) is 4.90 Å². The van der Waals surface area contributed by atoms with Gasteiger partial charge in [0.15, 0.2) is 16.7 Å². The number of ether oxygens (including phenoxy) is 2. The molecule has 0 unspecified atom stereocenters. The first-order valence-electron chi connectivity index (χ1n) is 12.8. The highest BCUT2D eigenvalue weighted by molar-refractivity contribution is 8.18. The van der Waals surface area contributed by atoms with Crippen molar-refractivity contribution < 1.29 is 19.2 Å². The van der Waals surface area contributed by atoms with E-state index in [1.807, 2.05) is 63.2 Å². The van der Waals surface area contributed by atoms with Crippen LogP contribution in [0.5, 0.6) is 11.5 Å². The van der Waals surface area contributed by atoms with Crippen molar-refractivity contribution in [3.05, 3.63) is 98.4 Å². The summed E-state index contributed by atoms with van der Waals surface area (Å²) in [4.78, 5) is 31.0. The van der Waals surface area contributed by atoms with Crippen molar-refractivity contribution in [1.29, 1.82) is 0 Å². The van der Waals surface area contributed by atoms with Crippen LogP contribution in [0.4, 0.5) is 11.4 Å². The minimum absolute atomic E-state index is 0.00859. The molecule has 8 nitrogen and oxygen atoms in total. The van der Waals surface area contributed by atoms with E-state index < -0.39 is 4.92 Å². The third kappa shape index (κ3) is 6.86. The van der Waals surface area contributed by atoms with Gasteiger partial charge in [0.2, 0.25) is 0 Å². The predicted molar refractivity (Wildman–Crippen MR) is 155 cm³/mol. The van der Waals surface area contributed by atoms with E-state index in [2.05, 4.69) is 6.92 Å². The summed E-state index contributed by atoms with van der Waals surface area (Å²) >= 11 is 1.37. The second-order valence-electron chi connectivity index (χ2n) is 9.12. The van der Waals surface area contributed by atoms with E-state index in [4.69, 9.17) is 14.5 Å². The highest BCUT2D eigenvalue weighted by Gasteiger charge is 2.36. The number of amides is 1. The van der Waals surface area contributed by atoms with Gasteiger partial charge < -0.3 is 9.47 Å². The second kappa shape index (κ2) is 12.6. The summed E-state index contributed by atoms with van der Waals surface area (Å²) in [6.07, 6.45) is 2.66. The zero-order chi connectivity index (χ0) is 27.9. The highest BCUT2D eigenvalue weighted by Crippen LogP contribution is 2.37. The van der Waals surface area contributed by atoms with Gasteiger partial charge in [0, 0.05) is 18.2 Å². The Hall–Kier alpha value is -4.11. The average molecular weight is 546 g/mol. The van der Waals surface area contributed by atoms with E-state index >= 15 is 0 Å². The molecule has 0 saturated carbocycles. The number of carbonyl (C=O) groups excluding carboxylic acids is 1. The molecule has 0 aliphatic carbocycles. The molecule has 0 radical (unpaired) electrons. The molecule has 3 aromatic rings. The molecule has 9 heteroatoms. The topological polar surface area (TPSA) is 94.3 Å². The monoisotopic (exact) mass is 545 g/mol. The fourth-order valence-electron chi connectivity index (χ4n) is 3.89. The second-order valence-corrected chi connectivity index (χ2v) is 10.1. The largest absolute Gasteiger partial charge is 0.490 e. The Kier molecular flexibility index (Phi) is 9.03. The van der Waals surface area contributed by atoms with Gasteiger partial charge in [-0.15, -0.1) is 0 Å². The van der Waals surface area contributed by atoms with Gasteiger partial charge in [-0.05, 0) is 92.6 Å². The number of amidine groups is 1. The van der Waals surface area contributed by atoms with Gasteiger partial charge >= 0.3 is 0 Å². The first-order valence-corrected chi connectivity index (χ1v) is 13.6. The number of thioether (sulfide) groups is 1. The molecule has 0 spiro atoms. The molecule has 1 amide bonds. The predicted octanol–water partition coefficient (Wildman–Crippen LogP) is 7.28. The first-order chi connectivity index (χ1) is 18.8. The maximum Gasteiger partial charge on any atom is 0.269 e. The summed E-state index contributed by atoms with van der Waals surface area (Å²) < 4.78 is 11.8. The van der Waals surface area contributed by atoms with Crippen LogP contribution in [0.15, 0.2) is 76.6 Å². The molecule has 0 aromatic heterocycles. The quantitative estimate of drug-likeness (QED) is 0.151. The van der Waals surface area contributed by atoms with E-state index in [-0.39, 0.29) is 24.2 Å². The molecule has 4 rings (SSSR count). The number of hydrogen-bond acceptors (Lipinski definition) is 7. The summed E-state index contributed by atoms with van der Waals surface area (Å²) in [6.45, 7) is 8.67. The van der Waals surface area contributed by atoms with Crippen molar-refractivity contribution in [2.24, 2.45) is 4.99 Å². The standard InChI is InChI=1S/C30H31N3O5S/c1-5-21(4)32-29(34)28(39-30(32)31-24-12-7-20(3)8-13-24)18-23-11-16-26(27(17-23)37-6-2)38-19-22-9-14-25(15-10-22)33(35)36/h7-18,21H,5-6,19H2,1-4H3/b28-18+,31-30?/t21-/m0/s1. The zero-order valence-electron chi connectivity index (χ0n) is 22.4. The number of benzene rings is 3. The SMILES string of the molecule is CCOc1cc(/C=C2/SC(=Nc3ccc(C)cc3)N([C@@H](C)CC)C2=O)ccc1OCc1ccc([N+](=O)[O-])cc1. The van der Waals surface area contributed by atoms with Crippen molar-refractivity contribution in [3.63, 3.8) is 0 Å². The molecule has 1 saturated heterocycles. The van der Waals surface area contributed by atoms with E-state index in [0.717, 1.165) is 28.8 Å². The number of hydrogen-bond donors (Lipinski definition) is 0. The van der Waals surface area contributed by atoms with E-state index in [1.54, 1.807) is 23.1 Å². The number of non-ortho nitro benzene ring substituents is 1. The van der Waals surface area contributed by atoms with Gasteiger partial charge in [0.05, 0.1) is 22.1 Å². The van der Waals surface area contributed by atoms with Gasteiger partial charge in [-0.2, -0.15) is 0 Å². The number of aliphatic imine (C=N–C) groups is 1. The van der Waals surface area contributed by atoms with Gasteiger partial charge in [0.1, 0.15) is 6.61 Å². The van der Waals surface area contributed by atoms with E-state index in [1.165, 1.54) is 23.9 Å². The fraction of sp³-hybridized carbons (Fsp3) is 0.267. The molecule has 1 fully saturated rings. The number of aryl methyl sites for hydroxylation is 1. The lowest BCUT2D eigenvalue weighted by Crippen LogP contribution is -2.36. The van der Waals surface area contributed by atoms with Crippen LogP contribution in [0.2, 0.25) is 0 Å². The molecule has 39 heavy (non-hydrogen) atoms. The third-order valence-corrected chi connectivity index (χ3v) is 7.22. The van der Waals surface area contributed by atoms with Crippen LogP contribution in [0.25, 0.3) is 6.08 Å². The lowest BCUT2D eigenvalue weighted by Gasteiger charge is -2.22. The minimum atomic E-state index is -0.433. The van der Waals surface area contributed by atoms with Crippen LogP contribution in [-0.2, 0) is 11.4 Å². The van der Waals surface area contributed by atoms with Crippen molar-refractivity contribution in [2.75, 3.05) is 6.61 Å². The summed E-state index contributed by atoms with van der Waals surface area (Å²) in [7, 11) is 0. The van der Waals surface area contributed by atoms with Crippen LogP contribution < -0.4 is 9.47 Å². The van der Waals surface area contributed by atoms with Crippen LogP contribution >= 0.6 is 11.8 Å². The lowest BCUT2D eigenvalue weighted by atomic mass is 10.1. The molecular formula is C30H31N3O5S. The summed E-state index contributed by atoms with van der Waals surface area (Å²) in [5, 5.41) is 11.5. The Morgan fingerprint density at radius 1 is 1.03 bits per heavy atom. The molecule has 202 valence electrons. The molecule has 1 aliphatic heterocycles. The number of rotatable bonds is 10. The Morgan fingerprint density at radius 2 is 1.74 bits per heavy atom. The maximum absolute atomic E-state index is 13.4. The molecule has 0 bridgehead atoms. The van der Waals surface area contributed by atoms with Gasteiger partial charge in [-0.25, -0.2) is 4.99 Å². The molecule has 3 aromatic carbocycles. The number of carbonyl (C=O) groups is 1. The van der Waals surface area contributed by atoms with Gasteiger partial charge in [-0.3, -0.25) is 19.8 Å². The van der Waals surface area contributed by atoms with Crippen molar-refractivity contribution >= 4 is 40.3 Å². The Bertz CT molecular complexity index is 1400. The Balaban J connectivity index is 1.57. The van der Waals surface area contributed by atoms with Crippen molar-refractivity contribution in [3.8, 4) is 11.5 Å². The average Bonchev–Trinajstić information content (AvgIpc) is 3.23. The van der Waals surface area contributed by atoms with Crippen LogP contribution in [0.1, 0.15) is 43.9 Å². The smallest absolute Gasteiger partial charge is 0.269 e. The number of nitro benzene ring substituents is 1. The molecule has 1 atom stereocenters. The summed E-state index contributed by atoms with van der Waals surface area (Å²) in [6, 6.07) is 19.7. The minimum Gasteiger partial charge on any atom is -0.490 e. The highest BCUT2D eigenvalue weighted by atomic mass is 32.2. The van der Waals surface area contributed by atoms with Gasteiger partial charge in [-0.1, -0.05) is 30.7 Å². The van der Waals surface area contributed by atoms with E-state index in [0.29, 0.717) is 28.2 Å². The summed E-state index contributed by atoms with van der Waals surface area (Å²) in [5.74, 6) is 1.03. The van der Waals surface area contributed by atoms with Crippen LogP contribution in [0, 0.1) is 17.0 Å². The number of nitrogens with zero attached hydrogens (tertiary/aromatic N) is 3. The first kappa shape index (κ1) is 27.9.